The Balaban J connectivity index is 1.96. The van der Waals surface area contributed by atoms with Crippen LogP contribution in [0.1, 0.15) is 18.4 Å². The van der Waals surface area contributed by atoms with Gasteiger partial charge in [0.2, 0.25) is 11.8 Å². The largest absolute Gasteiger partial charge is 0.346 e. The van der Waals surface area contributed by atoms with E-state index < -0.39 is 0 Å². The predicted octanol–water partition coefficient (Wildman–Crippen LogP) is 0.392. The molecule has 2 amide bonds. The summed E-state index contributed by atoms with van der Waals surface area (Å²) in [5.41, 5.74) is 5.91. The molecule has 0 spiro atoms. The van der Waals surface area contributed by atoms with Crippen LogP contribution in [0, 0.1) is 5.82 Å². The highest BCUT2D eigenvalue weighted by atomic mass is 19.1. The molecule has 6 heteroatoms. The van der Waals surface area contributed by atoms with Crippen LogP contribution in [-0.2, 0) is 16.1 Å². The number of amides is 2. The molecule has 3 N–H and O–H groups in total. The molecule has 0 saturated heterocycles. The van der Waals surface area contributed by atoms with Crippen LogP contribution in [0.15, 0.2) is 24.3 Å². The highest BCUT2D eigenvalue weighted by Crippen LogP contribution is 2.28. The summed E-state index contributed by atoms with van der Waals surface area (Å²) in [5.74, 6) is -0.847. The lowest BCUT2D eigenvalue weighted by atomic mass is 10.2. The molecule has 1 aromatic rings. The van der Waals surface area contributed by atoms with E-state index in [1.807, 2.05) is 0 Å². The third kappa shape index (κ3) is 4.03. The summed E-state index contributed by atoms with van der Waals surface area (Å²) in [6.07, 6.45) is 1.90. The van der Waals surface area contributed by atoms with Crippen molar-refractivity contribution in [3.05, 3.63) is 35.6 Å². The molecule has 1 fully saturated rings. The molecule has 0 heterocycles. The third-order valence-electron chi connectivity index (χ3n) is 3.17. The van der Waals surface area contributed by atoms with E-state index in [9.17, 15) is 14.0 Å². The lowest BCUT2D eigenvalue weighted by molar-refractivity contribution is -0.133. The van der Waals surface area contributed by atoms with E-state index in [0.29, 0.717) is 6.54 Å². The fraction of sp³-hybridized carbons (Fsp3) is 0.429. The highest BCUT2D eigenvalue weighted by Gasteiger charge is 2.32. The molecular weight excluding hydrogens is 261 g/mol. The standard InChI is InChI=1S/C14H18FN3O2/c15-11-3-1-2-10(6-11)9-18(12-4-5-12)14(20)8-17-13(19)7-16/h1-3,6,12H,4-5,7-9,16H2,(H,17,19). The fourth-order valence-electron chi connectivity index (χ4n) is 1.99. The van der Waals surface area contributed by atoms with E-state index in [1.165, 1.54) is 12.1 Å². The van der Waals surface area contributed by atoms with Gasteiger partial charge in [0.15, 0.2) is 0 Å². The Morgan fingerprint density at radius 3 is 2.75 bits per heavy atom. The zero-order valence-electron chi connectivity index (χ0n) is 11.1. The number of carbonyl (C=O) groups excluding carboxylic acids is 2. The number of hydrogen-bond donors (Lipinski definition) is 2. The number of benzene rings is 1. The van der Waals surface area contributed by atoms with Gasteiger partial charge in [-0.25, -0.2) is 4.39 Å². The smallest absolute Gasteiger partial charge is 0.242 e. The van der Waals surface area contributed by atoms with E-state index >= 15 is 0 Å². The number of hydrogen-bond acceptors (Lipinski definition) is 3. The Kier molecular flexibility index (Phi) is 4.68. The van der Waals surface area contributed by atoms with Gasteiger partial charge in [0.1, 0.15) is 5.82 Å². The first-order chi connectivity index (χ1) is 9.60. The number of nitrogens with zero attached hydrogens (tertiary/aromatic N) is 1. The monoisotopic (exact) mass is 279 g/mol. The van der Waals surface area contributed by atoms with Gasteiger partial charge >= 0.3 is 0 Å². The number of carbonyl (C=O) groups is 2. The van der Waals surface area contributed by atoms with E-state index in [0.717, 1.165) is 18.4 Å². The minimum absolute atomic E-state index is 0.0676. The minimum Gasteiger partial charge on any atom is -0.346 e. The van der Waals surface area contributed by atoms with Crippen LogP contribution in [0.25, 0.3) is 0 Å². The summed E-state index contributed by atoms with van der Waals surface area (Å²) in [5, 5.41) is 2.46. The average molecular weight is 279 g/mol. The van der Waals surface area contributed by atoms with E-state index in [2.05, 4.69) is 5.32 Å². The molecule has 1 aliphatic carbocycles. The van der Waals surface area contributed by atoms with Gasteiger partial charge in [-0.1, -0.05) is 12.1 Å². The molecule has 5 nitrogen and oxygen atoms in total. The quantitative estimate of drug-likeness (QED) is 0.791. The van der Waals surface area contributed by atoms with E-state index in [1.54, 1.807) is 17.0 Å². The Morgan fingerprint density at radius 1 is 1.40 bits per heavy atom. The summed E-state index contributed by atoms with van der Waals surface area (Å²) in [6.45, 7) is 0.155. The maximum Gasteiger partial charge on any atom is 0.242 e. The Labute approximate surface area is 116 Å². The first-order valence-corrected chi connectivity index (χ1v) is 6.61. The zero-order chi connectivity index (χ0) is 14.5. The molecule has 20 heavy (non-hydrogen) atoms. The van der Waals surface area contributed by atoms with Gasteiger partial charge < -0.3 is 16.0 Å². The normalized spacial score (nSPS) is 13.9. The van der Waals surface area contributed by atoms with Gasteiger partial charge in [-0.2, -0.15) is 0 Å². The first-order valence-electron chi connectivity index (χ1n) is 6.61. The van der Waals surface area contributed by atoms with Gasteiger partial charge in [-0.3, -0.25) is 9.59 Å². The fourth-order valence-corrected chi connectivity index (χ4v) is 1.99. The molecule has 1 aromatic carbocycles. The Morgan fingerprint density at radius 2 is 2.15 bits per heavy atom. The van der Waals surface area contributed by atoms with Crippen molar-refractivity contribution in [2.75, 3.05) is 13.1 Å². The number of nitrogens with one attached hydrogen (secondary N) is 1. The molecular formula is C14H18FN3O2. The van der Waals surface area contributed by atoms with Crippen molar-refractivity contribution in [2.45, 2.75) is 25.4 Å². The average Bonchev–Trinajstić information content (AvgIpc) is 3.26. The molecule has 0 aliphatic heterocycles. The minimum atomic E-state index is -0.361. The zero-order valence-corrected chi connectivity index (χ0v) is 11.1. The van der Waals surface area contributed by atoms with Gasteiger partial charge in [0, 0.05) is 12.6 Å². The van der Waals surface area contributed by atoms with Crippen LogP contribution < -0.4 is 11.1 Å². The van der Waals surface area contributed by atoms with Crippen molar-refractivity contribution >= 4 is 11.8 Å². The second-order valence-electron chi connectivity index (χ2n) is 4.86. The topological polar surface area (TPSA) is 75.4 Å². The van der Waals surface area contributed by atoms with Gasteiger partial charge in [-0.05, 0) is 30.5 Å². The van der Waals surface area contributed by atoms with Crippen LogP contribution in [0.2, 0.25) is 0 Å². The highest BCUT2D eigenvalue weighted by molar-refractivity contribution is 5.85. The number of rotatable bonds is 6. The summed E-state index contributed by atoms with van der Waals surface area (Å²) >= 11 is 0. The van der Waals surface area contributed by atoms with Crippen LogP contribution in [-0.4, -0.2) is 35.8 Å². The van der Waals surface area contributed by atoms with Crippen molar-refractivity contribution < 1.29 is 14.0 Å². The van der Waals surface area contributed by atoms with Crippen LogP contribution >= 0.6 is 0 Å². The van der Waals surface area contributed by atoms with Crippen LogP contribution in [0.5, 0.6) is 0 Å². The van der Waals surface area contributed by atoms with Crippen molar-refractivity contribution in [1.82, 2.24) is 10.2 Å². The molecule has 0 unspecified atom stereocenters. The SMILES string of the molecule is NCC(=O)NCC(=O)N(Cc1cccc(F)c1)C1CC1. The lowest BCUT2D eigenvalue weighted by Gasteiger charge is -2.22. The second-order valence-corrected chi connectivity index (χ2v) is 4.86. The summed E-state index contributed by atoms with van der Waals surface area (Å²) < 4.78 is 13.2. The predicted molar refractivity (Wildman–Crippen MR) is 72.0 cm³/mol. The lowest BCUT2D eigenvalue weighted by Crippen LogP contribution is -2.42. The van der Waals surface area contributed by atoms with E-state index in [4.69, 9.17) is 5.73 Å². The molecule has 0 aromatic heterocycles. The maximum atomic E-state index is 13.2. The molecule has 0 radical (unpaired) electrons. The summed E-state index contributed by atoms with van der Waals surface area (Å²) in [7, 11) is 0. The summed E-state index contributed by atoms with van der Waals surface area (Å²) in [4.78, 5) is 24.9. The van der Waals surface area contributed by atoms with Gasteiger partial charge in [0.05, 0.1) is 13.1 Å². The second kappa shape index (κ2) is 6.47. The Hall–Kier alpha value is -1.95. The van der Waals surface area contributed by atoms with Crippen molar-refractivity contribution in [3.8, 4) is 0 Å². The van der Waals surface area contributed by atoms with E-state index in [-0.39, 0.29) is 36.8 Å². The number of halogens is 1. The molecule has 108 valence electrons. The molecule has 0 atom stereocenters. The molecule has 2 rings (SSSR count). The van der Waals surface area contributed by atoms with Crippen LogP contribution in [0.3, 0.4) is 0 Å². The van der Waals surface area contributed by atoms with Crippen LogP contribution in [0.4, 0.5) is 4.39 Å². The van der Waals surface area contributed by atoms with Crippen molar-refractivity contribution in [3.63, 3.8) is 0 Å². The summed E-state index contributed by atoms with van der Waals surface area (Å²) in [6, 6.07) is 6.39. The van der Waals surface area contributed by atoms with Crippen molar-refractivity contribution in [1.29, 1.82) is 0 Å². The Bertz CT molecular complexity index is 503. The molecule has 1 aliphatic rings. The first kappa shape index (κ1) is 14.5. The number of nitrogens with two attached hydrogens (primary N) is 1. The van der Waals surface area contributed by atoms with Gasteiger partial charge in [0.25, 0.3) is 0 Å². The molecule has 0 bridgehead atoms. The maximum absolute atomic E-state index is 13.2. The molecule has 1 saturated carbocycles. The van der Waals surface area contributed by atoms with Gasteiger partial charge in [-0.15, -0.1) is 0 Å². The third-order valence-corrected chi connectivity index (χ3v) is 3.17. The van der Waals surface area contributed by atoms with Crippen molar-refractivity contribution in [2.24, 2.45) is 5.73 Å².